The number of likely N-dealkylation sites (tertiary alicyclic amines) is 1. The summed E-state index contributed by atoms with van der Waals surface area (Å²) in [6.07, 6.45) is 2.53. The number of carbonyl (C=O) groups is 1. The number of hydrogen-bond donors (Lipinski definition) is 0. The minimum atomic E-state index is -4.22. The summed E-state index contributed by atoms with van der Waals surface area (Å²) in [5.41, 5.74) is -0.186. The lowest BCUT2D eigenvalue weighted by atomic mass is 10.2. The lowest BCUT2D eigenvalue weighted by molar-refractivity contribution is -0.125. The van der Waals surface area contributed by atoms with Gasteiger partial charge in [-0.15, -0.1) is 0 Å². The first-order chi connectivity index (χ1) is 13.3. The van der Waals surface area contributed by atoms with Gasteiger partial charge >= 0.3 is 0 Å². The first-order valence-electron chi connectivity index (χ1n) is 8.58. The lowest BCUT2D eigenvalue weighted by Crippen LogP contribution is -2.35. The molecule has 5 nitrogen and oxygen atoms in total. The minimum Gasteiger partial charge on any atom is -0.338 e. The molecular weight excluding hydrogens is 393 g/mol. The second kappa shape index (κ2) is 6.66. The van der Waals surface area contributed by atoms with Crippen molar-refractivity contribution in [3.05, 3.63) is 65.0 Å². The van der Waals surface area contributed by atoms with E-state index in [2.05, 4.69) is 0 Å². The fourth-order valence-electron chi connectivity index (χ4n) is 3.42. The molecule has 0 N–H and O–H groups in total. The summed E-state index contributed by atoms with van der Waals surface area (Å²) < 4.78 is 67.3. The van der Waals surface area contributed by atoms with Crippen molar-refractivity contribution in [3.63, 3.8) is 0 Å². The Bertz CT molecular complexity index is 1090. The van der Waals surface area contributed by atoms with Crippen LogP contribution in [0, 0.1) is 17.5 Å². The summed E-state index contributed by atoms with van der Waals surface area (Å²) in [5.74, 6) is -3.18. The predicted octanol–water partition coefficient (Wildman–Crippen LogP) is 3.49. The number of carbonyl (C=O) groups excluding carboxylic acids is 1. The lowest BCUT2D eigenvalue weighted by Gasteiger charge is -2.30. The molecule has 9 heteroatoms. The maximum atomic E-state index is 13.8. The molecule has 0 bridgehead atoms. The van der Waals surface area contributed by atoms with Crippen LogP contribution in [0.4, 0.5) is 24.5 Å². The van der Waals surface area contributed by atoms with E-state index >= 15 is 0 Å². The SMILES string of the molecule is O=C(C1=CN(c2cc(F)cc(F)c2)c2cc(F)ccc2S1(=O)=O)N1CCCC1. The topological polar surface area (TPSA) is 57.7 Å². The van der Waals surface area contributed by atoms with E-state index in [-0.39, 0.29) is 16.3 Å². The molecule has 28 heavy (non-hydrogen) atoms. The molecule has 0 aromatic heterocycles. The number of sulfone groups is 1. The molecule has 2 aromatic rings. The average molecular weight is 408 g/mol. The fraction of sp³-hybridized carbons (Fsp3) is 0.211. The summed E-state index contributed by atoms with van der Waals surface area (Å²) in [6, 6.07) is 5.57. The van der Waals surface area contributed by atoms with Crippen molar-refractivity contribution in [2.75, 3.05) is 18.0 Å². The van der Waals surface area contributed by atoms with Crippen molar-refractivity contribution in [1.29, 1.82) is 0 Å². The van der Waals surface area contributed by atoms with Gasteiger partial charge in [0.25, 0.3) is 5.91 Å². The second-order valence-corrected chi connectivity index (χ2v) is 8.49. The largest absolute Gasteiger partial charge is 0.338 e. The van der Waals surface area contributed by atoms with Gasteiger partial charge < -0.3 is 9.80 Å². The van der Waals surface area contributed by atoms with Crippen LogP contribution in [-0.4, -0.2) is 32.3 Å². The van der Waals surface area contributed by atoms with Crippen LogP contribution < -0.4 is 4.90 Å². The maximum Gasteiger partial charge on any atom is 0.267 e. The molecule has 4 rings (SSSR count). The van der Waals surface area contributed by atoms with E-state index < -0.39 is 38.1 Å². The molecule has 1 fully saturated rings. The van der Waals surface area contributed by atoms with E-state index in [0.717, 1.165) is 54.3 Å². The smallest absolute Gasteiger partial charge is 0.267 e. The number of benzene rings is 2. The van der Waals surface area contributed by atoms with Gasteiger partial charge in [-0.25, -0.2) is 21.6 Å². The first-order valence-corrected chi connectivity index (χ1v) is 10.1. The van der Waals surface area contributed by atoms with Gasteiger partial charge in [-0.05, 0) is 43.2 Å². The van der Waals surface area contributed by atoms with Gasteiger partial charge in [0.2, 0.25) is 9.84 Å². The number of halogens is 3. The Morgan fingerprint density at radius 1 is 0.893 bits per heavy atom. The molecular formula is C19H15F3N2O3S. The zero-order valence-corrected chi connectivity index (χ0v) is 15.3. The van der Waals surface area contributed by atoms with Gasteiger partial charge in [0.05, 0.1) is 16.3 Å². The summed E-state index contributed by atoms with van der Waals surface area (Å²) in [7, 11) is -4.22. The van der Waals surface area contributed by atoms with Crippen LogP contribution in [0.3, 0.4) is 0 Å². The standard InChI is InChI=1S/C19H15F3N2O3S/c20-12-3-4-17-16(10-12)24(15-8-13(21)7-14(22)9-15)11-18(28(17,26)27)19(25)23-5-1-2-6-23/h3-4,7-11H,1-2,5-6H2. The van der Waals surface area contributed by atoms with Crippen LogP contribution in [0.2, 0.25) is 0 Å². The van der Waals surface area contributed by atoms with E-state index in [4.69, 9.17) is 0 Å². The molecule has 0 aliphatic carbocycles. The first kappa shape index (κ1) is 18.5. The molecule has 2 aliphatic rings. The summed E-state index contributed by atoms with van der Waals surface area (Å²) in [5, 5.41) is 0. The summed E-state index contributed by atoms with van der Waals surface area (Å²) in [6.45, 7) is 0.854. The third-order valence-corrected chi connectivity index (χ3v) is 6.52. The van der Waals surface area contributed by atoms with Crippen LogP contribution in [0.5, 0.6) is 0 Å². The number of hydrogen-bond acceptors (Lipinski definition) is 4. The third-order valence-electron chi connectivity index (χ3n) is 4.74. The zero-order valence-electron chi connectivity index (χ0n) is 14.5. The minimum absolute atomic E-state index is 0.0639. The Balaban J connectivity index is 1.93. The Hall–Kier alpha value is -2.81. The maximum absolute atomic E-state index is 13.8. The van der Waals surface area contributed by atoms with Gasteiger partial charge in [-0.2, -0.15) is 0 Å². The second-order valence-electron chi connectivity index (χ2n) is 6.61. The van der Waals surface area contributed by atoms with Crippen molar-refractivity contribution in [2.24, 2.45) is 0 Å². The molecule has 2 aliphatic heterocycles. The Morgan fingerprint density at radius 2 is 1.54 bits per heavy atom. The summed E-state index contributed by atoms with van der Waals surface area (Å²) >= 11 is 0. The van der Waals surface area contributed by atoms with Gasteiger partial charge in [0.1, 0.15) is 17.5 Å². The third kappa shape index (κ3) is 3.05. The Kier molecular flexibility index (Phi) is 4.41. The number of amides is 1. The van der Waals surface area contributed by atoms with Gasteiger partial charge in [-0.3, -0.25) is 4.79 Å². The van der Waals surface area contributed by atoms with E-state index in [0.29, 0.717) is 19.2 Å². The number of rotatable bonds is 2. The van der Waals surface area contributed by atoms with Crippen molar-refractivity contribution in [3.8, 4) is 0 Å². The van der Waals surface area contributed by atoms with Gasteiger partial charge in [0.15, 0.2) is 4.91 Å². The van der Waals surface area contributed by atoms with Crippen molar-refractivity contribution < 1.29 is 26.4 Å². The molecule has 0 unspecified atom stereocenters. The fourth-order valence-corrected chi connectivity index (χ4v) is 4.94. The van der Waals surface area contributed by atoms with Crippen molar-refractivity contribution >= 4 is 27.1 Å². The van der Waals surface area contributed by atoms with E-state index in [1.54, 1.807) is 0 Å². The Labute approximate surface area is 159 Å². The summed E-state index contributed by atoms with van der Waals surface area (Å²) in [4.78, 5) is 14.6. The molecule has 0 spiro atoms. The highest BCUT2D eigenvalue weighted by atomic mass is 32.2. The number of nitrogens with zero attached hydrogens (tertiary/aromatic N) is 2. The highest BCUT2D eigenvalue weighted by Crippen LogP contribution is 2.41. The van der Waals surface area contributed by atoms with E-state index in [1.165, 1.54) is 4.90 Å². The van der Waals surface area contributed by atoms with Gasteiger partial charge in [0, 0.05) is 25.4 Å². The molecule has 0 radical (unpaired) electrons. The molecule has 0 saturated carbocycles. The highest BCUT2D eigenvalue weighted by Gasteiger charge is 2.38. The molecule has 1 amide bonds. The molecule has 0 atom stereocenters. The van der Waals surface area contributed by atoms with Crippen LogP contribution in [-0.2, 0) is 14.6 Å². The van der Waals surface area contributed by atoms with Gasteiger partial charge in [-0.1, -0.05) is 0 Å². The molecule has 2 aromatic carbocycles. The van der Waals surface area contributed by atoms with Crippen LogP contribution in [0.15, 0.2) is 52.4 Å². The predicted molar refractivity (Wildman–Crippen MR) is 96.0 cm³/mol. The molecule has 2 heterocycles. The Morgan fingerprint density at radius 3 is 2.18 bits per heavy atom. The van der Waals surface area contributed by atoms with E-state index in [9.17, 15) is 26.4 Å². The average Bonchev–Trinajstić information content (AvgIpc) is 3.14. The van der Waals surface area contributed by atoms with Crippen molar-refractivity contribution in [2.45, 2.75) is 17.7 Å². The number of fused-ring (bicyclic) bond motifs is 1. The normalized spacial score (nSPS) is 18.0. The van der Waals surface area contributed by atoms with Crippen molar-refractivity contribution in [1.82, 2.24) is 4.90 Å². The molecule has 146 valence electrons. The van der Waals surface area contributed by atoms with Crippen LogP contribution >= 0.6 is 0 Å². The van der Waals surface area contributed by atoms with E-state index in [1.807, 2.05) is 0 Å². The number of anilines is 2. The quantitative estimate of drug-likeness (QED) is 0.714. The molecule has 1 saturated heterocycles. The monoisotopic (exact) mass is 408 g/mol. The van der Waals surface area contributed by atoms with Crippen LogP contribution in [0.1, 0.15) is 12.8 Å². The highest BCUT2D eigenvalue weighted by molar-refractivity contribution is 7.96. The van der Waals surface area contributed by atoms with Crippen LogP contribution in [0.25, 0.3) is 0 Å². The zero-order chi connectivity index (χ0) is 20.1.